The highest BCUT2D eigenvalue weighted by molar-refractivity contribution is 6.09. The van der Waals surface area contributed by atoms with Crippen LogP contribution in [0.3, 0.4) is 0 Å². The number of halogens is 3. The first-order chi connectivity index (χ1) is 33.8. The largest absolute Gasteiger partial charge is 0.573 e. The molecule has 0 fully saturated rings. The van der Waals surface area contributed by atoms with Crippen molar-refractivity contribution in [3.8, 4) is 39.1 Å². The average Bonchev–Trinajstić information content (AvgIpc) is 3.78. The minimum absolute atomic E-state index is 0.256. The molecule has 69 heavy (non-hydrogen) atoms. The molecule has 1 aromatic heterocycles. The Kier molecular flexibility index (Phi) is 9.17. The van der Waals surface area contributed by atoms with Crippen LogP contribution in [0.4, 0.5) is 47.3 Å². The van der Waals surface area contributed by atoms with Crippen molar-refractivity contribution in [3.05, 3.63) is 259 Å². The van der Waals surface area contributed by atoms with Gasteiger partial charge in [0.1, 0.15) is 16.9 Å². The summed E-state index contributed by atoms with van der Waals surface area (Å²) in [5, 5.41) is 2.21. The van der Waals surface area contributed by atoms with E-state index < -0.39 is 11.8 Å². The second kappa shape index (κ2) is 15.6. The smallest absolute Gasteiger partial charge is 0.455 e. The summed E-state index contributed by atoms with van der Waals surface area (Å²) in [6.07, 6.45) is -4.76. The molecule has 2 aliphatic rings. The van der Waals surface area contributed by atoms with Crippen LogP contribution in [-0.2, 0) is 5.41 Å². The molecule has 1 spiro atoms. The van der Waals surface area contributed by atoms with Gasteiger partial charge in [-0.25, -0.2) is 0 Å². The van der Waals surface area contributed by atoms with Gasteiger partial charge in [0.2, 0.25) is 0 Å². The summed E-state index contributed by atoms with van der Waals surface area (Å²) >= 11 is 0. The second-order valence-electron chi connectivity index (χ2n) is 17.5. The minimum Gasteiger partial charge on any atom is -0.455 e. The number of hydrogen-bond acceptors (Lipinski definition) is 4. The molecule has 0 N–H and O–H groups in total. The molecule has 0 amide bonds. The Morgan fingerprint density at radius 3 is 1.43 bits per heavy atom. The van der Waals surface area contributed by atoms with Crippen LogP contribution in [-0.4, -0.2) is 6.36 Å². The van der Waals surface area contributed by atoms with Crippen LogP contribution in [0.5, 0.6) is 5.75 Å². The molecule has 11 aromatic rings. The molecule has 0 atom stereocenters. The van der Waals surface area contributed by atoms with Gasteiger partial charge in [0.25, 0.3) is 0 Å². The third kappa shape index (κ3) is 6.45. The SMILES string of the molecule is FC(F)(F)Oc1ccc(-c2ccc(N3c4ccccc4C4(c5ccccc5N(c5ccc(-c6cccc7c6oc6ccccc67)cc5)c5ccccc54)c4cc(-c5ccccc5)ccc43)cc2)cc1. The first kappa shape index (κ1) is 40.5. The normalized spacial score (nSPS) is 13.5. The van der Waals surface area contributed by atoms with Gasteiger partial charge in [-0.2, -0.15) is 0 Å². The van der Waals surface area contributed by atoms with Gasteiger partial charge in [0.05, 0.1) is 28.2 Å². The Morgan fingerprint density at radius 2 is 0.841 bits per heavy atom. The highest BCUT2D eigenvalue weighted by Gasteiger charge is 2.52. The van der Waals surface area contributed by atoms with Crippen molar-refractivity contribution >= 4 is 56.1 Å². The van der Waals surface area contributed by atoms with E-state index in [0.717, 1.165) is 112 Å². The van der Waals surface area contributed by atoms with Gasteiger partial charge in [-0.3, -0.25) is 0 Å². The molecular weight excluding hydrogens is 862 g/mol. The van der Waals surface area contributed by atoms with E-state index in [-0.39, 0.29) is 5.75 Å². The Balaban J connectivity index is 0.977. The van der Waals surface area contributed by atoms with E-state index in [1.807, 2.05) is 30.3 Å². The lowest BCUT2D eigenvalue weighted by Gasteiger charge is -2.51. The van der Waals surface area contributed by atoms with Gasteiger partial charge in [0, 0.05) is 27.7 Å². The van der Waals surface area contributed by atoms with Crippen LogP contribution < -0.4 is 14.5 Å². The topological polar surface area (TPSA) is 28.9 Å². The van der Waals surface area contributed by atoms with Crippen molar-refractivity contribution in [1.29, 1.82) is 0 Å². The molecule has 0 aliphatic carbocycles. The monoisotopic (exact) mass is 900 g/mol. The highest BCUT2D eigenvalue weighted by atomic mass is 19.4. The molecule has 10 aromatic carbocycles. The number of rotatable bonds is 6. The maximum atomic E-state index is 12.9. The molecule has 0 saturated heterocycles. The van der Waals surface area contributed by atoms with Crippen LogP contribution in [0.25, 0.3) is 55.3 Å². The highest BCUT2D eigenvalue weighted by Crippen LogP contribution is 2.64. The molecule has 0 bridgehead atoms. The molecule has 13 rings (SSSR count). The number of furan rings is 1. The maximum absolute atomic E-state index is 12.9. The second-order valence-corrected chi connectivity index (χ2v) is 17.5. The third-order valence-electron chi connectivity index (χ3n) is 13.8. The van der Waals surface area contributed by atoms with E-state index in [9.17, 15) is 13.2 Å². The number of nitrogens with zero attached hydrogens (tertiary/aromatic N) is 2. The first-order valence-electron chi connectivity index (χ1n) is 22.9. The molecule has 3 heterocycles. The number of fused-ring (bicyclic) bond motifs is 11. The summed E-state index contributed by atoms with van der Waals surface area (Å²) in [6, 6.07) is 81.3. The van der Waals surface area contributed by atoms with Crippen molar-refractivity contribution in [2.24, 2.45) is 0 Å². The Labute approximate surface area is 396 Å². The van der Waals surface area contributed by atoms with E-state index in [2.05, 4.69) is 197 Å². The molecule has 2 aliphatic heterocycles. The summed E-state index contributed by atoms with van der Waals surface area (Å²) in [7, 11) is 0. The lowest BCUT2D eigenvalue weighted by atomic mass is 9.60. The van der Waals surface area contributed by atoms with Gasteiger partial charge in [-0.05, 0) is 123 Å². The van der Waals surface area contributed by atoms with E-state index in [1.165, 1.54) is 12.1 Å². The lowest BCUT2D eigenvalue weighted by Crippen LogP contribution is -2.42. The number of ether oxygens (including phenoxy) is 1. The van der Waals surface area contributed by atoms with Gasteiger partial charge >= 0.3 is 6.36 Å². The summed E-state index contributed by atoms with van der Waals surface area (Å²) in [5.41, 5.74) is 17.8. The number of hydrogen-bond donors (Lipinski definition) is 0. The van der Waals surface area contributed by atoms with Gasteiger partial charge in [-0.1, -0.05) is 164 Å². The van der Waals surface area contributed by atoms with Crippen molar-refractivity contribution in [2.75, 3.05) is 9.80 Å². The number of para-hydroxylation sites is 5. The summed E-state index contributed by atoms with van der Waals surface area (Å²) in [6.45, 7) is 0. The van der Waals surface area contributed by atoms with Crippen molar-refractivity contribution in [1.82, 2.24) is 0 Å². The Hall–Kier alpha value is -8.81. The fraction of sp³-hybridized carbons (Fsp3) is 0.0323. The predicted molar refractivity (Wildman–Crippen MR) is 272 cm³/mol. The van der Waals surface area contributed by atoms with Crippen LogP contribution >= 0.6 is 0 Å². The Bertz CT molecular complexity index is 3700. The maximum Gasteiger partial charge on any atom is 0.573 e. The molecular formula is C62H39F3N2O2. The first-order valence-corrected chi connectivity index (χ1v) is 22.9. The zero-order valence-electron chi connectivity index (χ0n) is 36.9. The molecule has 0 saturated carbocycles. The van der Waals surface area contributed by atoms with Crippen LogP contribution in [0.1, 0.15) is 22.3 Å². The van der Waals surface area contributed by atoms with Crippen LogP contribution in [0, 0.1) is 0 Å². The van der Waals surface area contributed by atoms with Gasteiger partial charge in [0.15, 0.2) is 0 Å². The van der Waals surface area contributed by atoms with Gasteiger partial charge in [-0.15, -0.1) is 13.2 Å². The zero-order valence-corrected chi connectivity index (χ0v) is 36.9. The fourth-order valence-electron chi connectivity index (χ4n) is 10.9. The predicted octanol–water partition coefficient (Wildman–Crippen LogP) is 17.4. The zero-order chi connectivity index (χ0) is 46.3. The lowest BCUT2D eigenvalue weighted by molar-refractivity contribution is -0.274. The van der Waals surface area contributed by atoms with Crippen molar-refractivity contribution < 1.29 is 22.3 Å². The number of benzene rings is 10. The average molecular weight is 901 g/mol. The number of anilines is 6. The summed E-state index contributed by atoms with van der Waals surface area (Å²) in [5.74, 6) is -0.256. The van der Waals surface area contributed by atoms with E-state index in [4.69, 9.17) is 4.42 Å². The summed E-state index contributed by atoms with van der Waals surface area (Å²) < 4.78 is 49.4. The van der Waals surface area contributed by atoms with Crippen molar-refractivity contribution in [2.45, 2.75) is 11.8 Å². The van der Waals surface area contributed by atoms with Crippen LogP contribution in [0.2, 0.25) is 0 Å². The van der Waals surface area contributed by atoms with E-state index >= 15 is 0 Å². The Morgan fingerprint density at radius 1 is 0.377 bits per heavy atom. The quantitative estimate of drug-likeness (QED) is 0.166. The van der Waals surface area contributed by atoms with Gasteiger partial charge < -0.3 is 19.0 Å². The third-order valence-corrected chi connectivity index (χ3v) is 13.8. The fourth-order valence-corrected chi connectivity index (χ4v) is 10.9. The standard InChI is InChI=1S/C62H39F3N2O2/c63-62(64,65)69-47-36-29-42(30-37-47)41-25-32-45(33-26-41)67-57-23-10-7-20-53(57)61(54-39-44(31-38-58(54)67)40-13-2-1-3-14-40)51-18-5-8-21-55(51)66(56-22-9-6-19-52(56)61)46-34-27-43(28-35-46)48-16-12-17-50-49-15-4-11-24-59(49)68-60(48)50/h1-39H. The van der Waals surface area contributed by atoms with Crippen molar-refractivity contribution in [3.63, 3.8) is 0 Å². The van der Waals surface area contributed by atoms with E-state index in [1.54, 1.807) is 12.1 Å². The molecule has 0 unspecified atom stereocenters. The molecule has 7 heteroatoms. The molecule has 4 nitrogen and oxygen atoms in total. The molecule has 0 radical (unpaired) electrons. The van der Waals surface area contributed by atoms with Crippen LogP contribution in [0.15, 0.2) is 241 Å². The number of alkyl halides is 3. The van der Waals surface area contributed by atoms with E-state index in [0.29, 0.717) is 0 Å². The minimum atomic E-state index is -4.76. The molecule has 330 valence electrons. The summed E-state index contributed by atoms with van der Waals surface area (Å²) in [4.78, 5) is 4.74.